The number of carbonyl (C=O) groups excluding carboxylic acids is 4. The molecule has 0 bridgehead atoms. The van der Waals surface area contributed by atoms with Crippen molar-refractivity contribution >= 4 is 31.7 Å². The summed E-state index contributed by atoms with van der Waals surface area (Å²) in [5.74, 6) is -3.02. The molecule has 0 radical (unpaired) electrons. The molecule has 3 aliphatic rings. The summed E-state index contributed by atoms with van der Waals surface area (Å²) < 4.78 is 73.2. The van der Waals surface area contributed by atoms with Gasteiger partial charge < -0.3 is 88.7 Å². The summed E-state index contributed by atoms with van der Waals surface area (Å²) >= 11 is 0. The van der Waals surface area contributed by atoms with Gasteiger partial charge in [0.1, 0.15) is 92.6 Å². The minimum atomic E-state index is -5.82. The van der Waals surface area contributed by atoms with Crippen LogP contribution in [-0.2, 0) is 70.7 Å². The molecule has 0 amide bonds. The molecule has 2 aliphatic heterocycles. The summed E-state index contributed by atoms with van der Waals surface area (Å²) in [4.78, 5) is 66.3. The maximum Gasteiger partial charge on any atom is 0.472 e. The molecule has 26 heteroatoms. The van der Waals surface area contributed by atoms with Crippen molar-refractivity contribution in [3.05, 3.63) is 48.6 Å². The number of hydrogen-bond acceptors (Lipinski definition) is 24. The minimum absolute atomic E-state index is 0.00512. The molecule has 18 atom stereocenters. The molecular formula is C89H159O25P. The molecule has 115 heavy (non-hydrogen) atoms. The van der Waals surface area contributed by atoms with Crippen molar-refractivity contribution in [3.8, 4) is 0 Å². The topological polar surface area (TPSA) is 380 Å². The molecule has 3 fully saturated rings. The predicted octanol–water partition coefficient (Wildman–Crippen LogP) is 16.1. The Labute approximate surface area is 690 Å². The van der Waals surface area contributed by atoms with Gasteiger partial charge in [-0.25, -0.2) is 4.57 Å². The van der Waals surface area contributed by atoms with Gasteiger partial charge >= 0.3 is 31.7 Å². The third-order valence-corrected chi connectivity index (χ3v) is 22.7. The Morgan fingerprint density at radius 2 is 0.652 bits per heavy atom. The fraction of sp³-hybridized carbons (Fsp3) is 0.865. The highest BCUT2D eigenvalue weighted by Gasteiger charge is 2.60. The Morgan fingerprint density at radius 1 is 0.339 bits per heavy atom. The largest absolute Gasteiger partial charge is 0.472 e. The number of unbranched alkanes of at least 4 members (excludes halogenated alkanes) is 40. The third-order valence-electron chi connectivity index (χ3n) is 21.7. The van der Waals surface area contributed by atoms with Crippen molar-refractivity contribution in [3.63, 3.8) is 0 Å². The minimum Gasteiger partial charge on any atom is -0.463 e. The van der Waals surface area contributed by atoms with Crippen molar-refractivity contribution in [1.82, 2.24) is 0 Å². The fourth-order valence-corrected chi connectivity index (χ4v) is 15.4. The lowest BCUT2D eigenvalue weighted by atomic mass is 9.84. The standard InChI is InChI=1S/C89H159O25P/c1-5-9-13-17-21-25-29-33-35-39-41-45-49-53-57-61-72(91)105-66-69(108-74(93)63-59-55-51-47-43-37-31-27-23-19-15-11-7-3)67-107-115(103,104)114-87-85(112-88-82(101)78(97)76(95)70(65-90)109-88)81(100)80(99)84(111-75(94)64-60-56-52-48-44-38-32-28-24-20-16-12-8-4)86(87)113-89-83(102)79(98)77(96)71(110-89)68-106-73(92)62-58-54-50-46-42-40-36-34-30-26-22-18-14-10-6-2/h25-26,29-30,37-38,43-44,69-71,76-90,95-102H,5-24,27-28,31-36,39-42,45-68H2,1-4H3,(H,103,104)/b29-25-,30-26-,43-37-,44-38-. The fourth-order valence-electron chi connectivity index (χ4n) is 14.5. The van der Waals surface area contributed by atoms with E-state index in [1.165, 1.54) is 109 Å². The highest BCUT2D eigenvalue weighted by atomic mass is 31.2. The van der Waals surface area contributed by atoms with Crippen LogP contribution in [0.3, 0.4) is 0 Å². The van der Waals surface area contributed by atoms with Crippen LogP contribution in [0.4, 0.5) is 0 Å². The summed E-state index contributed by atoms with van der Waals surface area (Å²) in [6.07, 6.45) is 29.9. The Hall–Kier alpha value is -3.57. The van der Waals surface area contributed by atoms with Crippen molar-refractivity contribution in [1.29, 1.82) is 0 Å². The second-order valence-corrected chi connectivity index (χ2v) is 33.5. The maximum atomic E-state index is 14.9. The Bertz CT molecular complexity index is 2590. The molecule has 2 heterocycles. The zero-order valence-electron chi connectivity index (χ0n) is 71.1. The van der Waals surface area contributed by atoms with E-state index in [-0.39, 0.29) is 32.1 Å². The molecule has 0 aromatic heterocycles. The first-order valence-corrected chi connectivity index (χ1v) is 46.9. The molecule has 0 aromatic rings. The number of esters is 4. The van der Waals surface area contributed by atoms with Crippen molar-refractivity contribution in [2.24, 2.45) is 0 Å². The van der Waals surface area contributed by atoms with E-state index in [9.17, 15) is 74.6 Å². The van der Waals surface area contributed by atoms with Crippen LogP contribution in [0, 0.1) is 0 Å². The van der Waals surface area contributed by atoms with Gasteiger partial charge in [0.05, 0.1) is 13.2 Å². The molecule has 1 aliphatic carbocycles. The number of phosphoric ester groups is 1. The molecule has 25 nitrogen and oxygen atoms in total. The summed E-state index contributed by atoms with van der Waals surface area (Å²) in [6, 6.07) is 0. The van der Waals surface area contributed by atoms with E-state index in [0.29, 0.717) is 38.5 Å². The van der Waals surface area contributed by atoms with Gasteiger partial charge in [-0.3, -0.25) is 28.2 Å². The Balaban J connectivity index is 1.93. The Kier molecular flexibility index (Phi) is 62.5. The number of hydrogen-bond donors (Lipinski definition) is 10. The van der Waals surface area contributed by atoms with Crippen LogP contribution in [0.5, 0.6) is 0 Å². The predicted molar refractivity (Wildman–Crippen MR) is 444 cm³/mol. The average molecular weight is 1660 g/mol. The highest BCUT2D eigenvalue weighted by molar-refractivity contribution is 7.47. The van der Waals surface area contributed by atoms with Crippen molar-refractivity contribution < 1.29 is 122 Å². The summed E-state index contributed by atoms with van der Waals surface area (Å²) in [7, 11) is -5.82. The average Bonchev–Trinajstić information content (AvgIpc) is 0.755. The number of ether oxygens (including phenoxy) is 8. The van der Waals surface area contributed by atoms with Gasteiger partial charge in [0.15, 0.2) is 24.8 Å². The van der Waals surface area contributed by atoms with E-state index in [0.717, 1.165) is 154 Å². The first-order valence-electron chi connectivity index (χ1n) is 45.4. The lowest BCUT2D eigenvalue weighted by Crippen LogP contribution is -2.70. The van der Waals surface area contributed by atoms with E-state index in [4.69, 9.17) is 46.9 Å². The zero-order chi connectivity index (χ0) is 84.0. The molecule has 3 rings (SSSR count). The van der Waals surface area contributed by atoms with Crippen LogP contribution < -0.4 is 0 Å². The highest BCUT2D eigenvalue weighted by Crippen LogP contribution is 2.49. The number of aliphatic hydroxyl groups is 9. The number of phosphoric acid groups is 1. The van der Waals surface area contributed by atoms with Crippen LogP contribution >= 0.6 is 7.82 Å². The summed E-state index contributed by atoms with van der Waals surface area (Å²) in [6.45, 7) is 5.49. The zero-order valence-corrected chi connectivity index (χ0v) is 72.0. The first-order chi connectivity index (χ1) is 55.7. The normalized spacial score (nSPS) is 25.5. The van der Waals surface area contributed by atoms with Crippen molar-refractivity contribution in [2.75, 3.05) is 26.4 Å². The third kappa shape index (κ3) is 48.6. The van der Waals surface area contributed by atoms with Gasteiger partial charge in [-0.2, -0.15) is 0 Å². The van der Waals surface area contributed by atoms with E-state index >= 15 is 0 Å². The van der Waals surface area contributed by atoms with Gasteiger partial charge in [-0.15, -0.1) is 0 Å². The molecule has 670 valence electrons. The van der Waals surface area contributed by atoms with E-state index in [1.54, 1.807) is 0 Å². The van der Waals surface area contributed by atoms with Gasteiger partial charge in [0, 0.05) is 25.7 Å². The smallest absolute Gasteiger partial charge is 0.463 e. The molecular weight excluding hydrogens is 1500 g/mol. The van der Waals surface area contributed by atoms with E-state index in [2.05, 4.69) is 76.3 Å². The van der Waals surface area contributed by atoms with E-state index in [1.807, 2.05) is 0 Å². The lowest BCUT2D eigenvalue weighted by molar-refractivity contribution is -0.360. The monoisotopic (exact) mass is 1660 g/mol. The molecule has 18 unspecified atom stereocenters. The SMILES string of the molecule is CCCCCC/C=C\CCCCCCCCCC(=O)OCC(COP(=O)(O)OC1C(OC2OC(CO)C(O)C(O)C2O)C(O)C(O)C(OC(=O)CCCCC/C=C\CCCCCCCC)C1OC1OC(COC(=O)CCCCCCCCC/C=C\CCCCCC)C(O)C(O)C1O)OC(=O)CCCCC/C=C\CCCCCCCC. The summed E-state index contributed by atoms with van der Waals surface area (Å²) in [5, 5.41) is 102. The van der Waals surface area contributed by atoms with Crippen LogP contribution in [0.1, 0.15) is 362 Å². The molecule has 0 spiro atoms. The molecule has 2 saturated heterocycles. The van der Waals surface area contributed by atoms with Crippen LogP contribution in [-0.4, -0.2) is 205 Å². The van der Waals surface area contributed by atoms with E-state index < -0.39 is 162 Å². The van der Waals surface area contributed by atoms with Crippen molar-refractivity contribution in [2.45, 2.75) is 466 Å². The number of rotatable bonds is 72. The molecule has 1 saturated carbocycles. The first kappa shape index (κ1) is 106. The van der Waals surface area contributed by atoms with Gasteiger partial charge in [0.2, 0.25) is 0 Å². The van der Waals surface area contributed by atoms with Gasteiger partial charge in [0.25, 0.3) is 0 Å². The number of aliphatic hydroxyl groups excluding tert-OH is 9. The van der Waals surface area contributed by atoms with Crippen LogP contribution in [0.2, 0.25) is 0 Å². The number of carbonyl (C=O) groups is 4. The second-order valence-electron chi connectivity index (χ2n) is 32.1. The molecule has 10 N–H and O–H groups in total. The van der Waals surface area contributed by atoms with Gasteiger partial charge in [-0.1, -0.05) is 256 Å². The Morgan fingerprint density at radius 3 is 1.05 bits per heavy atom. The second kappa shape index (κ2) is 68.0. The number of allylic oxidation sites excluding steroid dienone is 8. The summed E-state index contributed by atoms with van der Waals surface area (Å²) in [5.41, 5.74) is 0. The quantitative estimate of drug-likeness (QED) is 0.00889. The lowest BCUT2D eigenvalue weighted by Gasteiger charge is -2.50. The van der Waals surface area contributed by atoms with Crippen LogP contribution in [0.15, 0.2) is 48.6 Å². The van der Waals surface area contributed by atoms with Gasteiger partial charge in [-0.05, 0) is 128 Å². The van der Waals surface area contributed by atoms with Crippen LogP contribution in [0.25, 0.3) is 0 Å². The maximum absolute atomic E-state index is 14.9. The molecule has 0 aromatic carbocycles.